The van der Waals surface area contributed by atoms with Crippen molar-refractivity contribution < 1.29 is 9.53 Å². The van der Waals surface area contributed by atoms with E-state index < -0.39 is 0 Å². The minimum Gasteiger partial charge on any atom is -0.466 e. The second-order valence-electron chi connectivity index (χ2n) is 4.35. The average Bonchev–Trinajstić information content (AvgIpc) is 2.77. The summed E-state index contributed by atoms with van der Waals surface area (Å²) in [5.41, 5.74) is 1.94. The topological polar surface area (TPSA) is 44.1 Å². The van der Waals surface area contributed by atoms with E-state index in [4.69, 9.17) is 16.3 Å². The monoisotopic (exact) mass is 358 g/mol. The van der Waals surface area contributed by atoms with Crippen LogP contribution in [0.15, 0.2) is 22.7 Å². The van der Waals surface area contributed by atoms with E-state index in [0.717, 1.165) is 21.3 Å². The Balaban J connectivity index is 2.15. The van der Waals surface area contributed by atoms with E-state index in [1.165, 1.54) is 0 Å². The lowest BCUT2D eigenvalue weighted by molar-refractivity contribution is -0.143. The molecule has 0 N–H and O–H groups in total. The van der Waals surface area contributed by atoms with Gasteiger partial charge >= 0.3 is 5.97 Å². The van der Waals surface area contributed by atoms with Crippen molar-refractivity contribution in [3.63, 3.8) is 0 Å². The van der Waals surface area contributed by atoms with Gasteiger partial charge in [-0.3, -0.25) is 4.79 Å². The summed E-state index contributed by atoms with van der Waals surface area (Å²) >= 11 is 9.41. The lowest BCUT2D eigenvalue weighted by Crippen LogP contribution is -2.08. The van der Waals surface area contributed by atoms with Gasteiger partial charge < -0.3 is 9.30 Å². The van der Waals surface area contributed by atoms with Gasteiger partial charge in [0.1, 0.15) is 5.82 Å². The van der Waals surface area contributed by atoms with Crippen LogP contribution in [-0.4, -0.2) is 22.1 Å². The van der Waals surface area contributed by atoms with Gasteiger partial charge in [0.15, 0.2) is 0 Å². The van der Waals surface area contributed by atoms with Crippen molar-refractivity contribution in [3.05, 3.63) is 28.5 Å². The number of ether oxygens (including phenoxy) is 1. The number of carbonyl (C=O) groups excluding carboxylic acids is 1. The maximum Gasteiger partial charge on any atom is 0.305 e. The zero-order valence-corrected chi connectivity index (χ0v) is 13.6. The number of imidazole rings is 1. The second kappa shape index (κ2) is 7.09. The molecule has 0 amide bonds. The number of aromatic nitrogens is 2. The van der Waals surface area contributed by atoms with E-state index in [1.54, 1.807) is 0 Å². The Hall–Kier alpha value is -1.07. The van der Waals surface area contributed by atoms with Crippen molar-refractivity contribution in [2.45, 2.75) is 32.2 Å². The molecule has 0 saturated heterocycles. The number of nitrogens with zero attached hydrogens (tertiary/aromatic N) is 2. The van der Waals surface area contributed by atoms with Gasteiger partial charge in [0.25, 0.3) is 0 Å². The van der Waals surface area contributed by atoms with Crippen LogP contribution in [0.1, 0.15) is 25.6 Å². The zero-order valence-electron chi connectivity index (χ0n) is 11.2. The smallest absolute Gasteiger partial charge is 0.305 e. The normalized spacial score (nSPS) is 10.9. The molecule has 1 aromatic carbocycles. The lowest BCUT2D eigenvalue weighted by atomic mass is 10.3. The standard InChI is InChI=1S/C14H16BrClN2O2/c1-2-20-14(19)4-3-7-18-12-8-10(15)5-6-11(12)17-13(18)9-16/h5-6,8H,2-4,7,9H2,1H3. The van der Waals surface area contributed by atoms with E-state index in [-0.39, 0.29) is 5.97 Å². The number of rotatable bonds is 6. The molecule has 0 aliphatic rings. The first-order valence-corrected chi connectivity index (χ1v) is 7.84. The summed E-state index contributed by atoms with van der Waals surface area (Å²) in [6.45, 7) is 2.94. The molecule has 0 saturated carbocycles. The van der Waals surface area contributed by atoms with E-state index in [0.29, 0.717) is 31.9 Å². The van der Waals surface area contributed by atoms with Crippen molar-refractivity contribution in [2.24, 2.45) is 0 Å². The predicted molar refractivity (Wildman–Crippen MR) is 82.9 cm³/mol. The summed E-state index contributed by atoms with van der Waals surface area (Å²) in [4.78, 5) is 15.9. The first-order chi connectivity index (χ1) is 9.65. The van der Waals surface area contributed by atoms with Crippen molar-refractivity contribution in [3.8, 4) is 0 Å². The molecule has 0 bridgehead atoms. The molecule has 0 atom stereocenters. The van der Waals surface area contributed by atoms with Gasteiger partial charge in [-0.05, 0) is 31.5 Å². The number of hydrogen-bond donors (Lipinski definition) is 0. The highest BCUT2D eigenvalue weighted by Crippen LogP contribution is 2.22. The lowest BCUT2D eigenvalue weighted by Gasteiger charge is -2.07. The van der Waals surface area contributed by atoms with Gasteiger partial charge in [-0.2, -0.15) is 0 Å². The Kier molecular flexibility index (Phi) is 5.43. The first-order valence-electron chi connectivity index (χ1n) is 6.52. The van der Waals surface area contributed by atoms with Gasteiger partial charge in [0, 0.05) is 17.4 Å². The van der Waals surface area contributed by atoms with Crippen LogP contribution in [-0.2, 0) is 22.0 Å². The molecule has 2 aromatic rings. The first kappa shape index (κ1) is 15.3. The van der Waals surface area contributed by atoms with Gasteiger partial charge in [0.2, 0.25) is 0 Å². The Morgan fingerprint density at radius 3 is 3.00 bits per heavy atom. The summed E-state index contributed by atoms with van der Waals surface area (Å²) in [6.07, 6.45) is 1.12. The average molecular weight is 360 g/mol. The Morgan fingerprint density at radius 1 is 1.50 bits per heavy atom. The molecule has 0 unspecified atom stereocenters. The molecule has 0 radical (unpaired) electrons. The summed E-state index contributed by atoms with van der Waals surface area (Å²) in [5.74, 6) is 1.01. The molecular formula is C14H16BrClN2O2. The number of fused-ring (bicyclic) bond motifs is 1. The van der Waals surface area contributed by atoms with Gasteiger partial charge in [-0.25, -0.2) is 4.98 Å². The fraction of sp³-hybridized carbons (Fsp3) is 0.429. The molecule has 2 rings (SSSR count). The molecule has 0 fully saturated rings. The Bertz CT molecular complexity index is 612. The van der Waals surface area contributed by atoms with Crippen LogP contribution in [0.2, 0.25) is 0 Å². The minimum atomic E-state index is -0.162. The molecular weight excluding hydrogens is 344 g/mol. The molecule has 4 nitrogen and oxygen atoms in total. The van der Waals surface area contributed by atoms with Gasteiger partial charge in [-0.1, -0.05) is 15.9 Å². The van der Waals surface area contributed by atoms with Crippen molar-refractivity contribution >= 4 is 44.5 Å². The van der Waals surface area contributed by atoms with Gasteiger partial charge in [0.05, 0.1) is 23.5 Å². The molecule has 1 aromatic heterocycles. The van der Waals surface area contributed by atoms with E-state index in [1.807, 2.05) is 25.1 Å². The fourth-order valence-corrected chi connectivity index (χ4v) is 2.66. The number of alkyl halides is 1. The van der Waals surface area contributed by atoms with Crippen LogP contribution in [0.4, 0.5) is 0 Å². The molecule has 6 heteroatoms. The van der Waals surface area contributed by atoms with Crippen LogP contribution in [0.25, 0.3) is 11.0 Å². The SMILES string of the molecule is CCOC(=O)CCCn1c(CCl)nc2ccc(Br)cc21. The van der Waals surface area contributed by atoms with Crippen LogP contribution in [0.3, 0.4) is 0 Å². The predicted octanol–water partition coefficient (Wildman–Crippen LogP) is 3.88. The van der Waals surface area contributed by atoms with Crippen LogP contribution >= 0.6 is 27.5 Å². The minimum absolute atomic E-state index is 0.162. The van der Waals surface area contributed by atoms with E-state index in [2.05, 4.69) is 25.5 Å². The molecule has 108 valence electrons. The molecule has 0 aliphatic carbocycles. The largest absolute Gasteiger partial charge is 0.466 e. The highest BCUT2D eigenvalue weighted by Gasteiger charge is 2.11. The van der Waals surface area contributed by atoms with Crippen LogP contribution in [0.5, 0.6) is 0 Å². The van der Waals surface area contributed by atoms with Crippen molar-refractivity contribution in [1.82, 2.24) is 9.55 Å². The maximum atomic E-state index is 11.4. The Labute approximate surface area is 131 Å². The summed E-state index contributed by atoms with van der Waals surface area (Å²) < 4.78 is 7.99. The second-order valence-corrected chi connectivity index (χ2v) is 5.54. The number of carbonyl (C=O) groups is 1. The van der Waals surface area contributed by atoms with Crippen LogP contribution in [0, 0.1) is 0 Å². The highest BCUT2D eigenvalue weighted by molar-refractivity contribution is 9.10. The summed E-state index contributed by atoms with van der Waals surface area (Å²) in [7, 11) is 0. The molecule has 0 spiro atoms. The number of aryl methyl sites for hydroxylation is 1. The molecule has 20 heavy (non-hydrogen) atoms. The number of halogens is 2. The number of esters is 1. The van der Waals surface area contributed by atoms with Crippen molar-refractivity contribution in [2.75, 3.05) is 6.61 Å². The quantitative estimate of drug-likeness (QED) is 0.581. The summed E-state index contributed by atoms with van der Waals surface area (Å²) in [5, 5.41) is 0. The van der Waals surface area contributed by atoms with Crippen LogP contribution < -0.4 is 0 Å². The zero-order chi connectivity index (χ0) is 14.5. The van der Waals surface area contributed by atoms with E-state index in [9.17, 15) is 4.79 Å². The number of benzene rings is 1. The summed E-state index contributed by atoms with van der Waals surface area (Å²) in [6, 6.07) is 5.93. The molecule has 0 aliphatic heterocycles. The third-order valence-corrected chi connectivity index (χ3v) is 3.71. The van der Waals surface area contributed by atoms with E-state index >= 15 is 0 Å². The maximum absolute atomic E-state index is 11.4. The Morgan fingerprint density at radius 2 is 2.30 bits per heavy atom. The van der Waals surface area contributed by atoms with Gasteiger partial charge in [-0.15, -0.1) is 11.6 Å². The third-order valence-electron chi connectivity index (χ3n) is 2.98. The number of hydrogen-bond acceptors (Lipinski definition) is 3. The third kappa shape index (κ3) is 3.52. The molecule has 1 heterocycles. The highest BCUT2D eigenvalue weighted by atomic mass is 79.9. The van der Waals surface area contributed by atoms with Crippen molar-refractivity contribution in [1.29, 1.82) is 0 Å². The fourth-order valence-electron chi connectivity index (χ4n) is 2.11.